The Labute approximate surface area is 114 Å². The lowest BCUT2D eigenvalue weighted by molar-refractivity contribution is -0.115. The Bertz CT molecular complexity index is 475. The molecule has 3 rings (SSSR count). The van der Waals surface area contributed by atoms with Crippen LogP contribution in [0.25, 0.3) is 0 Å². The molecule has 0 heterocycles. The van der Waals surface area contributed by atoms with Crippen molar-refractivity contribution in [1.29, 1.82) is 0 Å². The fourth-order valence-corrected chi connectivity index (χ4v) is 2.94. The molecule has 0 atom stereocenters. The van der Waals surface area contributed by atoms with Crippen LogP contribution in [0.5, 0.6) is 0 Å². The van der Waals surface area contributed by atoms with Crippen LogP contribution < -0.4 is 10.6 Å². The van der Waals surface area contributed by atoms with Gasteiger partial charge in [-0.05, 0) is 61.6 Å². The predicted molar refractivity (Wildman–Crippen MR) is 77.1 cm³/mol. The Morgan fingerprint density at radius 3 is 2.79 bits per heavy atom. The molecule has 0 bridgehead atoms. The molecule has 1 amide bonds. The third-order valence-corrected chi connectivity index (χ3v) is 4.40. The van der Waals surface area contributed by atoms with Gasteiger partial charge in [0, 0.05) is 12.2 Å². The zero-order valence-electron chi connectivity index (χ0n) is 11.5. The van der Waals surface area contributed by atoms with Crippen molar-refractivity contribution in [1.82, 2.24) is 5.32 Å². The van der Waals surface area contributed by atoms with Gasteiger partial charge in [-0.15, -0.1) is 0 Å². The van der Waals surface area contributed by atoms with Crippen LogP contribution in [0.1, 0.15) is 31.2 Å². The topological polar surface area (TPSA) is 41.1 Å². The quantitative estimate of drug-likeness (QED) is 0.823. The molecule has 0 unspecified atom stereocenters. The van der Waals surface area contributed by atoms with Crippen LogP contribution in [0.15, 0.2) is 24.3 Å². The van der Waals surface area contributed by atoms with Crippen LogP contribution in [0.4, 0.5) is 5.69 Å². The molecule has 2 fully saturated rings. The van der Waals surface area contributed by atoms with Crippen molar-refractivity contribution in [2.45, 2.75) is 32.6 Å². The fraction of sp³-hybridized carbons (Fsp3) is 0.562. The van der Waals surface area contributed by atoms with Crippen molar-refractivity contribution in [2.24, 2.45) is 11.3 Å². The minimum Gasteiger partial charge on any atom is -0.325 e. The summed E-state index contributed by atoms with van der Waals surface area (Å²) in [4.78, 5) is 11.8. The number of carbonyl (C=O) groups is 1. The molecule has 0 spiro atoms. The van der Waals surface area contributed by atoms with Gasteiger partial charge < -0.3 is 10.6 Å². The highest BCUT2D eigenvalue weighted by atomic mass is 16.1. The van der Waals surface area contributed by atoms with Gasteiger partial charge in [-0.1, -0.05) is 12.1 Å². The molecule has 2 aliphatic carbocycles. The lowest BCUT2D eigenvalue weighted by Crippen LogP contribution is -2.33. The predicted octanol–water partition coefficient (Wildman–Crippen LogP) is 2.71. The zero-order valence-corrected chi connectivity index (χ0v) is 11.5. The number of rotatable bonds is 6. The van der Waals surface area contributed by atoms with Crippen LogP contribution in [-0.4, -0.2) is 19.0 Å². The normalized spacial score (nSPS) is 20.1. The molecule has 3 nitrogen and oxygen atoms in total. The van der Waals surface area contributed by atoms with Crippen LogP contribution in [0.3, 0.4) is 0 Å². The number of carbonyl (C=O) groups excluding carboxylic acids is 1. The van der Waals surface area contributed by atoms with E-state index in [-0.39, 0.29) is 5.91 Å². The Morgan fingerprint density at radius 1 is 1.37 bits per heavy atom. The van der Waals surface area contributed by atoms with Gasteiger partial charge in [-0.3, -0.25) is 4.79 Å². The van der Waals surface area contributed by atoms with Gasteiger partial charge >= 0.3 is 0 Å². The molecule has 2 aliphatic rings. The molecule has 0 radical (unpaired) electrons. The van der Waals surface area contributed by atoms with Crippen molar-refractivity contribution < 1.29 is 4.79 Å². The maximum absolute atomic E-state index is 11.8. The Kier molecular flexibility index (Phi) is 3.31. The van der Waals surface area contributed by atoms with Gasteiger partial charge in [-0.2, -0.15) is 0 Å². The van der Waals surface area contributed by atoms with Crippen LogP contribution in [-0.2, 0) is 4.79 Å². The lowest BCUT2D eigenvalue weighted by Gasteiger charge is -2.14. The summed E-state index contributed by atoms with van der Waals surface area (Å²) in [6.07, 6.45) is 5.50. The van der Waals surface area contributed by atoms with Gasteiger partial charge in [0.1, 0.15) is 0 Å². The average Bonchev–Trinajstić information content (AvgIpc) is 3.23. The smallest absolute Gasteiger partial charge is 0.238 e. The molecule has 19 heavy (non-hydrogen) atoms. The third kappa shape index (κ3) is 3.16. The Morgan fingerprint density at radius 2 is 2.16 bits per heavy atom. The molecule has 2 saturated carbocycles. The van der Waals surface area contributed by atoms with Crippen molar-refractivity contribution in [2.75, 3.05) is 18.4 Å². The molecule has 0 aliphatic heterocycles. The van der Waals surface area contributed by atoms with Gasteiger partial charge in [-0.25, -0.2) is 0 Å². The number of hydrogen-bond donors (Lipinski definition) is 2. The van der Waals surface area contributed by atoms with Crippen LogP contribution in [0.2, 0.25) is 0 Å². The van der Waals surface area contributed by atoms with Crippen molar-refractivity contribution in [3.05, 3.63) is 29.8 Å². The molecule has 0 aromatic heterocycles. The number of hydrogen-bond acceptors (Lipinski definition) is 2. The first-order valence-corrected chi connectivity index (χ1v) is 7.25. The number of benzene rings is 1. The van der Waals surface area contributed by atoms with E-state index in [0.717, 1.165) is 23.7 Å². The molecule has 1 aromatic carbocycles. The monoisotopic (exact) mass is 258 g/mol. The summed E-state index contributed by atoms with van der Waals surface area (Å²) in [5.74, 6) is 0.997. The van der Waals surface area contributed by atoms with E-state index in [1.54, 1.807) is 0 Å². The van der Waals surface area contributed by atoms with E-state index in [1.165, 1.54) is 25.7 Å². The van der Waals surface area contributed by atoms with E-state index in [4.69, 9.17) is 0 Å². The summed E-state index contributed by atoms with van der Waals surface area (Å²) in [6, 6.07) is 7.91. The number of anilines is 1. The van der Waals surface area contributed by atoms with E-state index in [2.05, 4.69) is 10.6 Å². The summed E-state index contributed by atoms with van der Waals surface area (Å²) in [5.41, 5.74) is 2.61. The maximum atomic E-state index is 11.8. The fourth-order valence-electron chi connectivity index (χ4n) is 2.94. The first-order chi connectivity index (χ1) is 9.18. The summed E-state index contributed by atoms with van der Waals surface area (Å²) in [7, 11) is 0. The summed E-state index contributed by atoms with van der Waals surface area (Å²) in [6.45, 7) is 3.46. The molecular weight excluding hydrogens is 236 g/mol. The summed E-state index contributed by atoms with van der Waals surface area (Å²) < 4.78 is 0. The summed E-state index contributed by atoms with van der Waals surface area (Å²) >= 11 is 0. The zero-order chi connectivity index (χ0) is 13.3. The second kappa shape index (κ2) is 4.97. The number of nitrogens with one attached hydrogen (secondary N) is 2. The van der Waals surface area contributed by atoms with Gasteiger partial charge in [0.05, 0.1) is 6.54 Å². The Balaban J connectivity index is 1.42. The second-order valence-electron chi connectivity index (χ2n) is 6.16. The molecule has 0 saturated heterocycles. The van der Waals surface area contributed by atoms with Crippen LogP contribution in [0, 0.1) is 18.3 Å². The SMILES string of the molecule is Cc1cccc(NC(=O)CNCC2(C3CC3)CC2)c1. The molecule has 2 N–H and O–H groups in total. The van der Waals surface area contributed by atoms with Crippen molar-refractivity contribution in [3.63, 3.8) is 0 Å². The second-order valence-corrected chi connectivity index (χ2v) is 6.16. The van der Waals surface area contributed by atoms with Crippen molar-refractivity contribution >= 4 is 11.6 Å². The molecular formula is C16H22N2O. The van der Waals surface area contributed by atoms with E-state index >= 15 is 0 Å². The highest BCUT2D eigenvalue weighted by molar-refractivity contribution is 5.92. The average molecular weight is 258 g/mol. The van der Waals surface area contributed by atoms with Gasteiger partial charge in [0.15, 0.2) is 0 Å². The van der Waals surface area contributed by atoms with E-state index in [1.807, 2.05) is 31.2 Å². The maximum Gasteiger partial charge on any atom is 0.238 e. The Hall–Kier alpha value is -1.35. The van der Waals surface area contributed by atoms with Crippen LogP contribution >= 0.6 is 0 Å². The minimum atomic E-state index is 0.0530. The first-order valence-electron chi connectivity index (χ1n) is 7.25. The van der Waals surface area contributed by atoms with E-state index < -0.39 is 0 Å². The molecule has 3 heteroatoms. The largest absolute Gasteiger partial charge is 0.325 e. The summed E-state index contributed by atoms with van der Waals surface area (Å²) in [5, 5.41) is 6.26. The van der Waals surface area contributed by atoms with Gasteiger partial charge in [0.2, 0.25) is 5.91 Å². The first kappa shape index (κ1) is 12.7. The van der Waals surface area contributed by atoms with Crippen molar-refractivity contribution in [3.8, 4) is 0 Å². The minimum absolute atomic E-state index is 0.0530. The standard InChI is InChI=1S/C16H22N2O/c1-12-3-2-4-14(9-12)18-15(19)10-17-11-16(7-8-16)13-5-6-13/h2-4,9,13,17H,5-8,10-11H2,1H3,(H,18,19). The van der Waals surface area contributed by atoms with Gasteiger partial charge in [0.25, 0.3) is 0 Å². The number of aryl methyl sites for hydroxylation is 1. The van der Waals surface area contributed by atoms with E-state index in [0.29, 0.717) is 12.0 Å². The van der Waals surface area contributed by atoms with E-state index in [9.17, 15) is 4.79 Å². The lowest BCUT2D eigenvalue weighted by atomic mass is 10.0. The third-order valence-electron chi connectivity index (χ3n) is 4.40. The highest BCUT2D eigenvalue weighted by Gasteiger charge is 2.53. The highest BCUT2D eigenvalue weighted by Crippen LogP contribution is 2.60. The molecule has 102 valence electrons. The molecule has 1 aromatic rings. The number of amides is 1.